The Kier molecular flexibility index (Phi) is 5.97. The second-order valence-electron chi connectivity index (χ2n) is 5.60. The Morgan fingerprint density at radius 1 is 1.37 bits per heavy atom. The van der Waals surface area contributed by atoms with Crippen LogP contribution in [0.4, 0.5) is 5.69 Å². The number of nitrogens with one attached hydrogen (secondary N) is 1. The molecule has 0 aromatic heterocycles. The molecule has 1 aromatic rings. The number of halogens is 1. The van der Waals surface area contributed by atoms with Crippen LogP contribution in [-0.2, 0) is 4.79 Å². The van der Waals surface area contributed by atoms with Crippen molar-refractivity contribution < 1.29 is 4.79 Å². The first-order valence-corrected chi connectivity index (χ1v) is 7.06. The molecule has 1 amide bonds. The van der Waals surface area contributed by atoms with E-state index in [4.69, 9.17) is 5.73 Å². The molecule has 1 aromatic carbocycles. The fourth-order valence-electron chi connectivity index (χ4n) is 1.83. The van der Waals surface area contributed by atoms with Crippen molar-refractivity contribution in [2.45, 2.75) is 13.8 Å². The van der Waals surface area contributed by atoms with Crippen LogP contribution in [-0.4, -0.2) is 37.5 Å². The summed E-state index contributed by atoms with van der Waals surface area (Å²) in [5.74, 6) is -0.0161. The predicted molar refractivity (Wildman–Crippen MR) is 83.1 cm³/mol. The van der Waals surface area contributed by atoms with Gasteiger partial charge in [-0.1, -0.05) is 29.8 Å². The van der Waals surface area contributed by atoms with Crippen molar-refractivity contribution in [3.8, 4) is 0 Å². The zero-order valence-electron chi connectivity index (χ0n) is 11.7. The molecule has 1 rings (SSSR count). The molecule has 0 saturated carbocycles. The lowest BCUT2D eigenvalue weighted by Crippen LogP contribution is -2.40. The summed E-state index contributed by atoms with van der Waals surface area (Å²) in [5.41, 5.74) is 6.52. The van der Waals surface area contributed by atoms with Gasteiger partial charge in [-0.2, -0.15) is 0 Å². The third kappa shape index (κ3) is 6.18. The van der Waals surface area contributed by atoms with E-state index < -0.39 is 0 Å². The Morgan fingerprint density at radius 3 is 2.47 bits per heavy atom. The number of benzene rings is 1. The molecule has 0 aliphatic heterocycles. The fraction of sp³-hybridized carbons (Fsp3) is 0.500. The number of nitrogens with zero attached hydrogens (tertiary/aromatic N) is 1. The van der Waals surface area contributed by atoms with Crippen LogP contribution in [0.3, 0.4) is 0 Å². The number of anilines is 1. The second kappa shape index (κ2) is 7.03. The maximum absolute atomic E-state index is 11.9. The van der Waals surface area contributed by atoms with E-state index in [-0.39, 0.29) is 11.3 Å². The number of amides is 1. The zero-order valence-corrected chi connectivity index (χ0v) is 13.3. The lowest BCUT2D eigenvalue weighted by molar-refractivity contribution is -0.117. The van der Waals surface area contributed by atoms with Crippen molar-refractivity contribution in [1.29, 1.82) is 0 Å². The van der Waals surface area contributed by atoms with Crippen LogP contribution in [0.25, 0.3) is 0 Å². The van der Waals surface area contributed by atoms with Crippen molar-refractivity contribution in [1.82, 2.24) is 4.90 Å². The van der Waals surface area contributed by atoms with Gasteiger partial charge in [-0.3, -0.25) is 9.69 Å². The average Bonchev–Trinajstić information content (AvgIpc) is 2.31. The molecule has 106 valence electrons. The summed E-state index contributed by atoms with van der Waals surface area (Å²) in [6.45, 7) is 5.94. The van der Waals surface area contributed by atoms with Gasteiger partial charge in [-0.05, 0) is 43.3 Å². The first kappa shape index (κ1) is 16.1. The molecule has 0 fully saturated rings. The number of carbonyl (C=O) groups is 1. The number of likely N-dealkylation sites (N-methyl/N-ethyl adjacent to an activating group) is 1. The van der Waals surface area contributed by atoms with Gasteiger partial charge in [0.15, 0.2) is 0 Å². The monoisotopic (exact) mass is 327 g/mol. The third-order valence-electron chi connectivity index (χ3n) is 2.79. The first-order chi connectivity index (χ1) is 8.82. The van der Waals surface area contributed by atoms with E-state index in [9.17, 15) is 4.79 Å². The Hall–Kier alpha value is -0.910. The molecule has 0 atom stereocenters. The van der Waals surface area contributed by atoms with E-state index in [1.165, 1.54) is 0 Å². The molecular weight excluding hydrogens is 306 g/mol. The summed E-state index contributed by atoms with van der Waals surface area (Å²) in [6.07, 6.45) is 0. The molecule has 0 bridgehead atoms. The first-order valence-electron chi connectivity index (χ1n) is 6.26. The highest BCUT2D eigenvalue weighted by Gasteiger charge is 2.19. The molecular formula is C14H22BrN3O. The van der Waals surface area contributed by atoms with Gasteiger partial charge in [0, 0.05) is 16.7 Å². The maximum Gasteiger partial charge on any atom is 0.238 e. The molecule has 0 unspecified atom stereocenters. The summed E-state index contributed by atoms with van der Waals surface area (Å²) in [7, 11) is 1.93. The standard InChI is InChI=1S/C14H22BrN3O/c1-14(2,9-16)10-18(3)8-13(19)17-12-6-4-11(15)5-7-12/h4-7H,8-10,16H2,1-3H3,(H,17,19). The molecule has 0 aliphatic carbocycles. The SMILES string of the molecule is CN(CC(=O)Nc1ccc(Br)cc1)CC(C)(C)CN. The van der Waals surface area contributed by atoms with Gasteiger partial charge < -0.3 is 11.1 Å². The number of nitrogens with two attached hydrogens (primary N) is 1. The van der Waals surface area contributed by atoms with Crippen molar-refractivity contribution in [2.75, 3.05) is 32.0 Å². The Balaban J connectivity index is 2.45. The van der Waals surface area contributed by atoms with E-state index in [0.29, 0.717) is 13.1 Å². The highest BCUT2D eigenvalue weighted by atomic mass is 79.9. The van der Waals surface area contributed by atoms with Gasteiger partial charge in [0.25, 0.3) is 0 Å². The number of rotatable bonds is 6. The van der Waals surface area contributed by atoms with Gasteiger partial charge in [0.05, 0.1) is 6.54 Å². The van der Waals surface area contributed by atoms with Crippen molar-refractivity contribution >= 4 is 27.5 Å². The largest absolute Gasteiger partial charge is 0.330 e. The van der Waals surface area contributed by atoms with Crippen LogP contribution < -0.4 is 11.1 Å². The van der Waals surface area contributed by atoms with E-state index in [1.807, 2.05) is 36.2 Å². The van der Waals surface area contributed by atoms with Gasteiger partial charge in [0.1, 0.15) is 0 Å². The predicted octanol–water partition coefficient (Wildman–Crippen LogP) is 2.30. The van der Waals surface area contributed by atoms with E-state index in [1.54, 1.807) is 0 Å². The van der Waals surface area contributed by atoms with Gasteiger partial charge in [-0.25, -0.2) is 0 Å². The average molecular weight is 328 g/mol. The molecule has 4 nitrogen and oxygen atoms in total. The quantitative estimate of drug-likeness (QED) is 0.842. The lowest BCUT2D eigenvalue weighted by atomic mass is 9.93. The van der Waals surface area contributed by atoms with E-state index in [0.717, 1.165) is 16.7 Å². The van der Waals surface area contributed by atoms with Gasteiger partial charge in [-0.15, -0.1) is 0 Å². The van der Waals surface area contributed by atoms with Gasteiger partial charge in [0.2, 0.25) is 5.91 Å². The normalized spacial score (nSPS) is 11.7. The van der Waals surface area contributed by atoms with Crippen LogP contribution in [0.1, 0.15) is 13.8 Å². The Labute approximate surface area is 123 Å². The smallest absolute Gasteiger partial charge is 0.238 e. The van der Waals surface area contributed by atoms with Crippen LogP contribution in [0.2, 0.25) is 0 Å². The van der Waals surface area contributed by atoms with E-state index >= 15 is 0 Å². The maximum atomic E-state index is 11.9. The fourth-order valence-corrected chi connectivity index (χ4v) is 2.09. The molecule has 0 aliphatic rings. The highest BCUT2D eigenvalue weighted by Crippen LogP contribution is 2.15. The minimum Gasteiger partial charge on any atom is -0.330 e. The Bertz CT molecular complexity index is 417. The summed E-state index contributed by atoms with van der Waals surface area (Å²) in [5, 5.41) is 2.87. The van der Waals surface area contributed by atoms with Crippen LogP contribution in [0.5, 0.6) is 0 Å². The number of carbonyl (C=O) groups excluding carboxylic acids is 1. The van der Waals surface area contributed by atoms with E-state index in [2.05, 4.69) is 35.1 Å². The molecule has 0 radical (unpaired) electrons. The van der Waals surface area contributed by atoms with Gasteiger partial charge >= 0.3 is 0 Å². The Morgan fingerprint density at radius 2 is 1.95 bits per heavy atom. The third-order valence-corrected chi connectivity index (χ3v) is 3.32. The number of hydrogen-bond donors (Lipinski definition) is 2. The number of hydrogen-bond acceptors (Lipinski definition) is 3. The summed E-state index contributed by atoms with van der Waals surface area (Å²) >= 11 is 3.36. The minimum atomic E-state index is -0.0161. The van der Waals surface area contributed by atoms with Crippen molar-refractivity contribution in [2.24, 2.45) is 11.1 Å². The minimum absolute atomic E-state index is 0.0161. The second-order valence-corrected chi connectivity index (χ2v) is 6.51. The molecule has 0 spiro atoms. The van der Waals surface area contributed by atoms with Crippen LogP contribution >= 0.6 is 15.9 Å². The molecule has 5 heteroatoms. The summed E-state index contributed by atoms with van der Waals surface area (Å²) in [4.78, 5) is 13.9. The summed E-state index contributed by atoms with van der Waals surface area (Å²) in [6, 6.07) is 7.53. The lowest BCUT2D eigenvalue weighted by Gasteiger charge is -2.28. The molecule has 0 heterocycles. The highest BCUT2D eigenvalue weighted by molar-refractivity contribution is 9.10. The zero-order chi connectivity index (χ0) is 14.5. The molecule has 3 N–H and O–H groups in total. The molecule has 0 saturated heterocycles. The van der Waals surface area contributed by atoms with Crippen molar-refractivity contribution in [3.05, 3.63) is 28.7 Å². The molecule has 19 heavy (non-hydrogen) atoms. The van der Waals surface area contributed by atoms with Crippen molar-refractivity contribution in [3.63, 3.8) is 0 Å². The van der Waals surface area contributed by atoms with Crippen LogP contribution in [0.15, 0.2) is 28.7 Å². The van der Waals surface area contributed by atoms with Crippen LogP contribution in [0, 0.1) is 5.41 Å². The summed E-state index contributed by atoms with van der Waals surface area (Å²) < 4.78 is 0.993. The topological polar surface area (TPSA) is 58.4 Å².